The molecule has 1 amide bonds. The van der Waals surface area contributed by atoms with Crippen molar-refractivity contribution in [1.82, 2.24) is 0 Å². The van der Waals surface area contributed by atoms with Gasteiger partial charge in [0.25, 0.3) is 0 Å². The van der Waals surface area contributed by atoms with Crippen molar-refractivity contribution in [2.75, 3.05) is 19.1 Å². The van der Waals surface area contributed by atoms with E-state index in [9.17, 15) is 4.79 Å². The number of amides is 1. The molecule has 2 heterocycles. The van der Waals surface area contributed by atoms with Crippen molar-refractivity contribution >= 4 is 24.2 Å². The predicted octanol–water partition coefficient (Wildman–Crippen LogP) is 2.29. The topological polar surface area (TPSA) is 48.0 Å². The lowest BCUT2D eigenvalue weighted by atomic mass is 9.77. The van der Waals surface area contributed by atoms with Crippen LogP contribution in [0.15, 0.2) is 12.1 Å². The number of carbonyl (C=O) groups is 1. The highest BCUT2D eigenvalue weighted by atomic mass is 16.7. The van der Waals surface area contributed by atoms with Crippen LogP contribution in [0, 0.1) is 0 Å². The zero-order valence-corrected chi connectivity index (χ0v) is 15.4. The van der Waals surface area contributed by atoms with Gasteiger partial charge < -0.3 is 18.9 Å². The molecule has 1 aromatic rings. The fraction of sp³-hybridized carbons (Fsp3) is 0.611. The van der Waals surface area contributed by atoms with Crippen LogP contribution in [0.25, 0.3) is 0 Å². The first-order valence-corrected chi connectivity index (χ1v) is 8.49. The summed E-state index contributed by atoms with van der Waals surface area (Å²) in [6, 6.07) is 4.00. The van der Waals surface area contributed by atoms with Crippen molar-refractivity contribution < 1.29 is 18.8 Å². The van der Waals surface area contributed by atoms with Crippen molar-refractivity contribution in [3.8, 4) is 5.75 Å². The zero-order valence-electron chi connectivity index (χ0n) is 15.4. The number of anilines is 1. The summed E-state index contributed by atoms with van der Waals surface area (Å²) < 4.78 is 17.9. The van der Waals surface area contributed by atoms with Gasteiger partial charge in [0.15, 0.2) is 0 Å². The third-order valence-corrected chi connectivity index (χ3v) is 5.51. The van der Waals surface area contributed by atoms with Crippen LogP contribution in [0.3, 0.4) is 0 Å². The van der Waals surface area contributed by atoms with Crippen molar-refractivity contribution in [2.24, 2.45) is 0 Å². The van der Waals surface area contributed by atoms with Crippen LogP contribution in [0.5, 0.6) is 5.75 Å². The number of ether oxygens (including phenoxy) is 1. The first kappa shape index (κ1) is 17.3. The van der Waals surface area contributed by atoms with E-state index >= 15 is 0 Å². The van der Waals surface area contributed by atoms with Gasteiger partial charge in [-0.05, 0) is 46.1 Å². The second-order valence-electron chi connectivity index (χ2n) is 7.62. The van der Waals surface area contributed by atoms with Crippen LogP contribution in [-0.2, 0) is 20.5 Å². The van der Waals surface area contributed by atoms with Gasteiger partial charge in [0.1, 0.15) is 5.75 Å². The Kier molecular flexibility index (Phi) is 4.17. The Morgan fingerprint density at radius 2 is 1.75 bits per heavy atom. The average Bonchev–Trinajstić information content (AvgIpc) is 2.63. The Morgan fingerprint density at radius 3 is 2.33 bits per heavy atom. The molecule has 5 nitrogen and oxygen atoms in total. The largest absolute Gasteiger partial charge is 0.498 e. The Bertz CT molecular complexity index is 655. The van der Waals surface area contributed by atoms with Gasteiger partial charge in [0.05, 0.1) is 24.0 Å². The smallest absolute Gasteiger partial charge is 0.497 e. The summed E-state index contributed by atoms with van der Waals surface area (Å²) in [7, 11) is 2.98. The molecule has 0 unspecified atom stereocenters. The summed E-state index contributed by atoms with van der Waals surface area (Å²) in [4.78, 5) is 13.8. The Morgan fingerprint density at radius 1 is 1.12 bits per heavy atom. The van der Waals surface area contributed by atoms with Gasteiger partial charge in [-0.2, -0.15) is 0 Å². The molecule has 2 aliphatic heterocycles. The first-order valence-electron chi connectivity index (χ1n) is 8.49. The molecule has 24 heavy (non-hydrogen) atoms. The molecule has 0 N–H and O–H groups in total. The SMILES string of the molecule is COc1cc2c(cc1B1OC(C)(C)C(C)(C)O1)CCCC(=O)N2C. The van der Waals surface area contributed by atoms with Gasteiger partial charge in [0, 0.05) is 25.0 Å². The Labute approximate surface area is 144 Å². The van der Waals surface area contributed by atoms with Crippen molar-refractivity contribution in [3.05, 3.63) is 17.7 Å². The van der Waals surface area contributed by atoms with Crippen LogP contribution in [0.4, 0.5) is 5.69 Å². The molecule has 1 fully saturated rings. The minimum Gasteiger partial charge on any atom is -0.497 e. The molecular weight excluding hydrogens is 305 g/mol. The van der Waals surface area contributed by atoms with Crippen LogP contribution < -0.4 is 15.1 Å². The molecule has 1 saturated heterocycles. The molecule has 1 aromatic carbocycles. The van der Waals surface area contributed by atoms with E-state index in [0.29, 0.717) is 12.2 Å². The van der Waals surface area contributed by atoms with E-state index < -0.39 is 18.3 Å². The van der Waals surface area contributed by atoms with Crippen molar-refractivity contribution in [1.29, 1.82) is 0 Å². The van der Waals surface area contributed by atoms with Crippen molar-refractivity contribution in [2.45, 2.75) is 58.2 Å². The van der Waals surface area contributed by atoms with E-state index in [0.717, 1.165) is 29.6 Å². The highest BCUT2D eigenvalue weighted by Gasteiger charge is 2.52. The molecule has 2 aliphatic rings. The fourth-order valence-electron chi connectivity index (χ4n) is 3.21. The zero-order chi connectivity index (χ0) is 17.7. The highest BCUT2D eigenvalue weighted by molar-refractivity contribution is 6.63. The van der Waals surface area contributed by atoms with E-state index in [1.54, 1.807) is 12.0 Å². The van der Waals surface area contributed by atoms with Gasteiger partial charge in [-0.1, -0.05) is 6.07 Å². The third kappa shape index (κ3) is 2.72. The molecule has 3 rings (SSSR count). The first-order chi connectivity index (χ1) is 11.2. The summed E-state index contributed by atoms with van der Waals surface area (Å²) in [6.07, 6.45) is 2.28. The molecule has 130 valence electrons. The number of methoxy groups -OCH3 is 1. The maximum Gasteiger partial charge on any atom is 0.498 e. The lowest BCUT2D eigenvalue weighted by Gasteiger charge is -2.32. The quantitative estimate of drug-likeness (QED) is 0.780. The van der Waals surface area contributed by atoms with Gasteiger partial charge in [-0.15, -0.1) is 0 Å². The number of nitrogens with zero attached hydrogens (tertiary/aromatic N) is 1. The molecule has 0 aromatic heterocycles. The molecule has 0 atom stereocenters. The standard InChI is InChI=1S/C18H26BNO4/c1-17(2)18(3,4)24-19(23-17)13-10-12-8-7-9-16(21)20(5)14(12)11-15(13)22-6/h10-11H,7-9H2,1-6H3. The number of hydrogen-bond donors (Lipinski definition) is 0. The molecule has 0 radical (unpaired) electrons. The predicted molar refractivity (Wildman–Crippen MR) is 95.1 cm³/mol. The van der Waals surface area contributed by atoms with Gasteiger partial charge in [-0.25, -0.2) is 0 Å². The second kappa shape index (κ2) is 5.78. The maximum absolute atomic E-state index is 12.1. The fourth-order valence-corrected chi connectivity index (χ4v) is 3.21. The molecule has 0 saturated carbocycles. The lowest BCUT2D eigenvalue weighted by molar-refractivity contribution is -0.118. The van der Waals surface area contributed by atoms with Gasteiger partial charge in [-0.3, -0.25) is 4.79 Å². The van der Waals surface area contributed by atoms with E-state index in [2.05, 4.69) is 6.07 Å². The summed E-state index contributed by atoms with van der Waals surface area (Å²) in [5.74, 6) is 0.827. The molecule has 0 spiro atoms. The number of carbonyl (C=O) groups excluding carboxylic acids is 1. The maximum atomic E-state index is 12.1. The Balaban J connectivity index is 2.04. The van der Waals surface area contributed by atoms with E-state index in [-0.39, 0.29) is 5.91 Å². The van der Waals surface area contributed by atoms with Crippen LogP contribution in [0.1, 0.15) is 46.1 Å². The average molecular weight is 331 g/mol. The van der Waals surface area contributed by atoms with E-state index in [1.807, 2.05) is 40.8 Å². The summed E-state index contributed by atoms with van der Waals surface area (Å²) in [5.41, 5.74) is 2.13. The molecule has 0 bridgehead atoms. The van der Waals surface area contributed by atoms with Crippen LogP contribution in [-0.4, -0.2) is 38.4 Å². The Hall–Kier alpha value is -1.53. The van der Waals surface area contributed by atoms with E-state index in [4.69, 9.17) is 14.0 Å². The monoisotopic (exact) mass is 331 g/mol. The lowest BCUT2D eigenvalue weighted by Crippen LogP contribution is -2.41. The molecular formula is C18H26BNO4. The highest BCUT2D eigenvalue weighted by Crippen LogP contribution is 2.38. The number of fused-ring (bicyclic) bond motifs is 1. The minimum absolute atomic E-state index is 0.138. The van der Waals surface area contributed by atoms with Gasteiger partial charge in [0.2, 0.25) is 5.91 Å². The van der Waals surface area contributed by atoms with Gasteiger partial charge >= 0.3 is 7.12 Å². The summed E-state index contributed by atoms with van der Waals surface area (Å²) in [5, 5.41) is 0. The van der Waals surface area contributed by atoms with Crippen molar-refractivity contribution in [3.63, 3.8) is 0 Å². The molecule has 0 aliphatic carbocycles. The number of hydrogen-bond acceptors (Lipinski definition) is 4. The number of aryl methyl sites for hydroxylation is 1. The summed E-state index contributed by atoms with van der Waals surface area (Å²) in [6.45, 7) is 8.15. The van der Waals surface area contributed by atoms with Crippen LogP contribution in [0.2, 0.25) is 0 Å². The second-order valence-corrected chi connectivity index (χ2v) is 7.62. The number of rotatable bonds is 2. The van der Waals surface area contributed by atoms with E-state index in [1.165, 1.54) is 0 Å². The normalized spacial score (nSPS) is 22.3. The minimum atomic E-state index is -0.473. The molecule has 6 heteroatoms. The third-order valence-electron chi connectivity index (χ3n) is 5.51. The number of benzene rings is 1. The van der Waals surface area contributed by atoms with Crippen LogP contribution >= 0.6 is 0 Å². The summed E-state index contributed by atoms with van der Waals surface area (Å²) >= 11 is 0.